The minimum atomic E-state index is -0.794. The fraction of sp³-hybridized carbons (Fsp3) is 0.786. The molecule has 7 nitrogen and oxygen atoms in total. The van der Waals surface area contributed by atoms with Crippen molar-refractivity contribution in [1.82, 2.24) is 14.7 Å². The molecule has 2 aliphatic rings. The number of carboxylic acids is 1. The maximum atomic E-state index is 12.4. The summed E-state index contributed by atoms with van der Waals surface area (Å²) in [5, 5.41) is 8.67. The Kier molecular flexibility index (Phi) is 5.17. The summed E-state index contributed by atoms with van der Waals surface area (Å²) >= 11 is 0. The van der Waals surface area contributed by atoms with Gasteiger partial charge in [0.1, 0.15) is 0 Å². The van der Waals surface area contributed by atoms with Crippen molar-refractivity contribution in [2.75, 3.05) is 45.8 Å². The van der Waals surface area contributed by atoms with E-state index in [2.05, 4.69) is 4.90 Å². The number of aliphatic carboxylic acids is 1. The molecular weight excluding hydrogens is 274 g/mol. The molecule has 1 atom stereocenters. The number of amides is 2. The van der Waals surface area contributed by atoms with E-state index >= 15 is 0 Å². The Labute approximate surface area is 124 Å². The summed E-state index contributed by atoms with van der Waals surface area (Å²) in [6.07, 6.45) is 0.461. The molecule has 1 N–H and O–H groups in total. The first-order valence-electron chi connectivity index (χ1n) is 7.52. The lowest BCUT2D eigenvalue weighted by molar-refractivity contribution is -0.139. The van der Waals surface area contributed by atoms with Gasteiger partial charge in [0.15, 0.2) is 0 Å². The number of hydrogen-bond acceptors (Lipinski definition) is 4. The van der Waals surface area contributed by atoms with E-state index < -0.39 is 5.97 Å². The van der Waals surface area contributed by atoms with E-state index in [4.69, 9.17) is 5.11 Å². The van der Waals surface area contributed by atoms with Crippen LogP contribution < -0.4 is 0 Å². The molecule has 21 heavy (non-hydrogen) atoms. The van der Waals surface area contributed by atoms with Gasteiger partial charge < -0.3 is 14.9 Å². The van der Waals surface area contributed by atoms with Gasteiger partial charge in [-0.3, -0.25) is 19.3 Å². The lowest BCUT2D eigenvalue weighted by Gasteiger charge is -2.35. The molecule has 2 rings (SSSR count). The van der Waals surface area contributed by atoms with Crippen LogP contribution in [0.3, 0.4) is 0 Å². The molecule has 0 saturated carbocycles. The SMILES string of the molecule is CCN1CC(C(=O)N2CCN(CCC(=O)O)CC2)CC1=O. The molecule has 0 aromatic rings. The first-order chi connectivity index (χ1) is 10.0. The summed E-state index contributed by atoms with van der Waals surface area (Å²) in [6, 6.07) is 0. The van der Waals surface area contributed by atoms with Crippen LogP contribution in [0.2, 0.25) is 0 Å². The quantitative estimate of drug-likeness (QED) is 0.738. The van der Waals surface area contributed by atoms with E-state index in [-0.39, 0.29) is 24.2 Å². The topological polar surface area (TPSA) is 81.2 Å². The van der Waals surface area contributed by atoms with Gasteiger partial charge in [0.25, 0.3) is 0 Å². The molecule has 7 heteroatoms. The highest BCUT2D eigenvalue weighted by Gasteiger charge is 2.36. The van der Waals surface area contributed by atoms with Gasteiger partial charge in [0.05, 0.1) is 12.3 Å². The molecule has 118 valence electrons. The average molecular weight is 297 g/mol. The van der Waals surface area contributed by atoms with Gasteiger partial charge in [0.2, 0.25) is 11.8 Å². The van der Waals surface area contributed by atoms with E-state index in [1.54, 1.807) is 4.90 Å². The van der Waals surface area contributed by atoms with Crippen LogP contribution in [-0.4, -0.2) is 83.4 Å². The molecule has 0 aromatic heterocycles. The van der Waals surface area contributed by atoms with Gasteiger partial charge in [-0.05, 0) is 6.92 Å². The van der Waals surface area contributed by atoms with Crippen molar-refractivity contribution in [3.05, 3.63) is 0 Å². The van der Waals surface area contributed by atoms with Crippen LogP contribution in [0.4, 0.5) is 0 Å². The zero-order chi connectivity index (χ0) is 15.4. The van der Waals surface area contributed by atoms with Crippen LogP contribution in [0.1, 0.15) is 19.8 Å². The van der Waals surface area contributed by atoms with Crippen LogP contribution in [0.5, 0.6) is 0 Å². The number of hydrogen-bond donors (Lipinski definition) is 1. The number of piperazine rings is 1. The third-order valence-electron chi connectivity index (χ3n) is 4.27. The predicted molar refractivity (Wildman–Crippen MR) is 75.6 cm³/mol. The second-order valence-corrected chi connectivity index (χ2v) is 5.64. The van der Waals surface area contributed by atoms with E-state index in [1.807, 2.05) is 11.8 Å². The highest BCUT2D eigenvalue weighted by molar-refractivity contribution is 5.89. The number of likely N-dealkylation sites (tertiary alicyclic amines) is 1. The Hall–Kier alpha value is -1.63. The smallest absolute Gasteiger partial charge is 0.304 e. The van der Waals surface area contributed by atoms with E-state index in [0.29, 0.717) is 52.2 Å². The molecule has 2 saturated heterocycles. The minimum Gasteiger partial charge on any atom is -0.481 e. The number of carboxylic acid groups (broad SMARTS) is 1. The monoisotopic (exact) mass is 297 g/mol. The van der Waals surface area contributed by atoms with E-state index in [9.17, 15) is 14.4 Å². The summed E-state index contributed by atoms with van der Waals surface area (Å²) in [6.45, 7) is 6.30. The van der Waals surface area contributed by atoms with Crippen molar-refractivity contribution in [3.63, 3.8) is 0 Å². The largest absolute Gasteiger partial charge is 0.481 e. The zero-order valence-corrected chi connectivity index (χ0v) is 12.5. The first-order valence-corrected chi connectivity index (χ1v) is 7.52. The molecule has 2 amide bonds. The highest BCUT2D eigenvalue weighted by atomic mass is 16.4. The molecule has 0 aromatic carbocycles. The van der Waals surface area contributed by atoms with Gasteiger partial charge in [0, 0.05) is 52.2 Å². The van der Waals surface area contributed by atoms with Crippen LogP contribution >= 0.6 is 0 Å². The summed E-state index contributed by atoms with van der Waals surface area (Å²) in [5.74, 6) is -0.867. The number of rotatable bonds is 5. The molecule has 2 heterocycles. The zero-order valence-electron chi connectivity index (χ0n) is 12.5. The maximum absolute atomic E-state index is 12.4. The third-order valence-corrected chi connectivity index (χ3v) is 4.27. The van der Waals surface area contributed by atoms with E-state index in [0.717, 1.165) is 0 Å². The molecule has 0 aliphatic carbocycles. The lowest BCUT2D eigenvalue weighted by atomic mass is 10.1. The molecule has 0 spiro atoms. The average Bonchev–Trinajstić information content (AvgIpc) is 2.86. The molecule has 2 fully saturated rings. The Balaban J connectivity index is 1.78. The third kappa shape index (κ3) is 3.93. The summed E-state index contributed by atoms with van der Waals surface area (Å²) in [4.78, 5) is 40.3. The molecular formula is C14H23N3O4. The number of carbonyl (C=O) groups is 3. The number of nitrogens with zero attached hydrogens (tertiary/aromatic N) is 3. The van der Waals surface area contributed by atoms with Gasteiger partial charge in [-0.15, -0.1) is 0 Å². The van der Waals surface area contributed by atoms with Crippen molar-refractivity contribution < 1.29 is 19.5 Å². The van der Waals surface area contributed by atoms with Crippen molar-refractivity contribution in [2.24, 2.45) is 5.92 Å². The maximum Gasteiger partial charge on any atom is 0.304 e. The van der Waals surface area contributed by atoms with Crippen LogP contribution in [0.15, 0.2) is 0 Å². The Morgan fingerprint density at radius 2 is 1.90 bits per heavy atom. The normalized spacial score (nSPS) is 23.7. The first kappa shape index (κ1) is 15.8. The van der Waals surface area contributed by atoms with Gasteiger partial charge >= 0.3 is 5.97 Å². The molecule has 0 bridgehead atoms. The highest BCUT2D eigenvalue weighted by Crippen LogP contribution is 2.20. The van der Waals surface area contributed by atoms with Crippen molar-refractivity contribution in [1.29, 1.82) is 0 Å². The predicted octanol–water partition coefficient (Wildman–Crippen LogP) is -0.526. The van der Waals surface area contributed by atoms with Crippen LogP contribution in [0.25, 0.3) is 0 Å². The summed E-state index contributed by atoms with van der Waals surface area (Å²) in [5.41, 5.74) is 0. The molecule has 0 radical (unpaired) electrons. The molecule has 2 aliphatic heterocycles. The van der Waals surface area contributed by atoms with Gasteiger partial charge in [-0.1, -0.05) is 0 Å². The van der Waals surface area contributed by atoms with Crippen molar-refractivity contribution in [2.45, 2.75) is 19.8 Å². The van der Waals surface area contributed by atoms with Gasteiger partial charge in [-0.25, -0.2) is 0 Å². The van der Waals surface area contributed by atoms with Crippen molar-refractivity contribution in [3.8, 4) is 0 Å². The standard InChI is InChI=1S/C14H23N3O4/c1-2-16-10-11(9-12(16)18)14(21)17-7-5-15(6-8-17)4-3-13(19)20/h11H,2-10H2,1H3,(H,19,20). The minimum absolute atomic E-state index is 0.0657. The fourth-order valence-electron chi connectivity index (χ4n) is 2.95. The Bertz CT molecular complexity index is 418. The lowest BCUT2D eigenvalue weighted by Crippen LogP contribution is -2.50. The Morgan fingerprint density at radius 3 is 2.43 bits per heavy atom. The summed E-state index contributed by atoms with van der Waals surface area (Å²) in [7, 11) is 0. The number of carbonyl (C=O) groups excluding carboxylic acids is 2. The van der Waals surface area contributed by atoms with Crippen LogP contribution in [-0.2, 0) is 14.4 Å². The fourth-order valence-corrected chi connectivity index (χ4v) is 2.95. The second kappa shape index (κ2) is 6.89. The van der Waals surface area contributed by atoms with Crippen molar-refractivity contribution >= 4 is 17.8 Å². The van der Waals surface area contributed by atoms with E-state index in [1.165, 1.54) is 0 Å². The van der Waals surface area contributed by atoms with Gasteiger partial charge in [-0.2, -0.15) is 0 Å². The Morgan fingerprint density at radius 1 is 1.24 bits per heavy atom. The second-order valence-electron chi connectivity index (χ2n) is 5.64. The molecule has 1 unspecified atom stereocenters. The summed E-state index contributed by atoms with van der Waals surface area (Å²) < 4.78 is 0. The van der Waals surface area contributed by atoms with Crippen LogP contribution in [0, 0.1) is 5.92 Å².